The predicted octanol–water partition coefficient (Wildman–Crippen LogP) is 1.03. The minimum absolute atomic E-state index is 0.0248. The molecule has 4 rings (SSSR count). The number of benzene rings is 1. The summed E-state index contributed by atoms with van der Waals surface area (Å²) in [6, 6.07) is 8.36. The molecular weight excluding hydrogens is 328 g/mol. The largest absolute Gasteiger partial charge is 0.341 e. The van der Waals surface area contributed by atoms with E-state index < -0.39 is 0 Å². The Bertz CT molecular complexity index is 894. The summed E-state index contributed by atoms with van der Waals surface area (Å²) in [7, 11) is 1.75. The van der Waals surface area contributed by atoms with Crippen LogP contribution in [0.5, 0.6) is 0 Å². The first-order valence-electron chi connectivity index (χ1n) is 9.15. The summed E-state index contributed by atoms with van der Waals surface area (Å²) in [5.74, 6) is 0.863. The second kappa shape index (κ2) is 6.68. The Balaban J connectivity index is 1.43. The molecule has 0 unspecified atom stereocenters. The zero-order valence-corrected chi connectivity index (χ0v) is 15.4. The molecule has 1 amide bonds. The first-order valence-corrected chi connectivity index (χ1v) is 9.15. The SMILES string of the molecule is Cc1nc2c(c(=O)n1C)CCN(C(=O)CN1Cc3ccccc3C1)CC2. The molecule has 0 N–H and O–H groups in total. The molecule has 136 valence electrons. The summed E-state index contributed by atoms with van der Waals surface area (Å²) in [5.41, 5.74) is 4.27. The third-order valence-corrected chi connectivity index (χ3v) is 5.56. The number of carbonyl (C=O) groups excluding carboxylic acids is 1. The molecule has 0 saturated heterocycles. The third-order valence-electron chi connectivity index (χ3n) is 5.56. The predicted molar refractivity (Wildman–Crippen MR) is 98.8 cm³/mol. The van der Waals surface area contributed by atoms with Crippen LogP contribution in [0.1, 0.15) is 28.2 Å². The molecular formula is C20H24N4O2. The number of amides is 1. The topological polar surface area (TPSA) is 58.4 Å². The van der Waals surface area contributed by atoms with Crippen molar-refractivity contribution in [2.45, 2.75) is 32.9 Å². The van der Waals surface area contributed by atoms with Gasteiger partial charge in [-0.25, -0.2) is 4.98 Å². The van der Waals surface area contributed by atoms with Crippen LogP contribution < -0.4 is 5.56 Å². The van der Waals surface area contributed by atoms with Gasteiger partial charge in [0.05, 0.1) is 12.2 Å². The third kappa shape index (κ3) is 3.05. The average molecular weight is 352 g/mol. The summed E-state index contributed by atoms with van der Waals surface area (Å²) < 4.78 is 1.60. The number of aromatic nitrogens is 2. The molecule has 0 aliphatic carbocycles. The fourth-order valence-electron chi connectivity index (χ4n) is 3.92. The van der Waals surface area contributed by atoms with E-state index in [1.165, 1.54) is 11.1 Å². The average Bonchev–Trinajstić information content (AvgIpc) is 2.91. The Kier molecular flexibility index (Phi) is 4.36. The minimum Gasteiger partial charge on any atom is -0.341 e. The van der Waals surface area contributed by atoms with Gasteiger partial charge < -0.3 is 4.90 Å². The smallest absolute Gasteiger partial charge is 0.256 e. The second-order valence-corrected chi connectivity index (χ2v) is 7.24. The quantitative estimate of drug-likeness (QED) is 0.810. The highest BCUT2D eigenvalue weighted by Gasteiger charge is 2.25. The normalized spacial score (nSPS) is 16.9. The first kappa shape index (κ1) is 17.0. The molecule has 6 heteroatoms. The maximum atomic E-state index is 12.8. The number of fused-ring (bicyclic) bond motifs is 2. The number of hydrogen-bond donors (Lipinski definition) is 0. The van der Waals surface area contributed by atoms with Gasteiger partial charge in [0.15, 0.2) is 0 Å². The highest BCUT2D eigenvalue weighted by molar-refractivity contribution is 5.78. The Labute approximate surface area is 153 Å². The molecule has 2 aliphatic heterocycles. The molecule has 1 aromatic carbocycles. The molecule has 0 fully saturated rings. The van der Waals surface area contributed by atoms with Gasteiger partial charge in [0, 0.05) is 45.2 Å². The molecule has 1 aromatic heterocycles. The van der Waals surface area contributed by atoms with E-state index in [0.717, 1.165) is 30.2 Å². The van der Waals surface area contributed by atoms with Crippen LogP contribution in [0.15, 0.2) is 29.1 Å². The van der Waals surface area contributed by atoms with Crippen LogP contribution in [0.25, 0.3) is 0 Å². The molecule has 26 heavy (non-hydrogen) atoms. The molecule has 0 atom stereocenters. The van der Waals surface area contributed by atoms with E-state index in [9.17, 15) is 9.59 Å². The zero-order chi connectivity index (χ0) is 18.3. The highest BCUT2D eigenvalue weighted by Crippen LogP contribution is 2.22. The molecule has 3 heterocycles. The first-order chi connectivity index (χ1) is 12.5. The molecule has 6 nitrogen and oxygen atoms in total. The summed E-state index contributed by atoms with van der Waals surface area (Å²) in [5, 5.41) is 0. The van der Waals surface area contributed by atoms with Gasteiger partial charge in [-0.3, -0.25) is 19.1 Å². The van der Waals surface area contributed by atoms with Gasteiger partial charge in [-0.1, -0.05) is 24.3 Å². The van der Waals surface area contributed by atoms with Crippen molar-refractivity contribution in [1.29, 1.82) is 0 Å². The Hall–Kier alpha value is -2.47. The maximum Gasteiger partial charge on any atom is 0.256 e. The summed E-state index contributed by atoms with van der Waals surface area (Å²) in [4.78, 5) is 33.9. The summed E-state index contributed by atoms with van der Waals surface area (Å²) in [6.45, 7) is 5.16. The Morgan fingerprint density at radius 3 is 2.46 bits per heavy atom. The standard InChI is InChI=1S/C20H24N4O2/c1-14-21-18-8-10-24(9-7-17(18)20(26)22(14)2)19(25)13-23-11-15-5-3-4-6-16(15)12-23/h3-6H,7-13H2,1-2H3. The fraction of sp³-hybridized carbons (Fsp3) is 0.450. The van der Waals surface area contributed by atoms with Gasteiger partial charge in [0.1, 0.15) is 5.82 Å². The van der Waals surface area contributed by atoms with Gasteiger partial charge in [0.25, 0.3) is 5.56 Å². The molecule has 0 bridgehead atoms. The molecule has 2 aromatic rings. The number of rotatable bonds is 2. The lowest BCUT2D eigenvalue weighted by atomic mass is 10.1. The van der Waals surface area contributed by atoms with Crippen molar-refractivity contribution in [2.24, 2.45) is 7.05 Å². The summed E-state index contributed by atoms with van der Waals surface area (Å²) >= 11 is 0. The molecule has 0 radical (unpaired) electrons. The van der Waals surface area contributed by atoms with Crippen LogP contribution in [0.4, 0.5) is 0 Å². The minimum atomic E-state index is 0.0248. The highest BCUT2D eigenvalue weighted by atomic mass is 16.2. The van der Waals surface area contributed by atoms with E-state index in [0.29, 0.717) is 32.5 Å². The number of carbonyl (C=O) groups is 1. The molecule has 2 aliphatic rings. The molecule has 0 saturated carbocycles. The van der Waals surface area contributed by atoms with E-state index in [2.05, 4.69) is 22.0 Å². The van der Waals surface area contributed by atoms with Crippen molar-refractivity contribution in [2.75, 3.05) is 19.6 Å². The second-order valence-electron chi connectivity index (χ2n) is 7.24. The van der Waals surface area contributed by atoms with Crippen LogP contribution >= 0.6 is 0 Å². The summed E-state index contributed by atoms with van der Waals surface area (Å²) in [6.07, 6.45) is 1.24. The van der Waals surface area contributed by atoms with Crippen LogP contribution in [0.3, 0.4) is 0 Å². The Morgan fingerprint density at radius 1 is 1.12 bits per heavy atom. The lowest BCUT2D eigenvalue weighted by Gasteiger charge is -2.23. The van der Waals surface area contributed by atoms with Crippen LogP contribution in [-0.2, 0) is 37.8 Å². The van der Waals surface area contributed by atoms with E-state index >= 15 is 0 Å². The number of aryl methyl sites for hydroxylation is 1. The van der Waals surface area contributed by atoms with E-state index in [-0.39, 0.29) is 11.5 Å². The van der Waals surface area contributed by atoms with Crippen molar-refractivity contribution in [3.8, 4) is 0 Å². The van der Waals surface area contributed by atoms with Crippen LogP contribution in [-0.4, -0.2) is 44.9 Å². The number of nitrogens with zero attached hydrogens (tertiary/aromatic N) is 4. The van der Waals surface area contributed by atoms with Gasteiger partial charge in [-0.2, -0.15) is 0 Å². The van der Waals surface area contributed by atoms with Crippen molar-refractivity contribution in [3.05, 3.63) is 62.8 Å². The van der Waals surface area contributed by atoms with Gasteiger partial charge in [0.2, 0.25) is 5.91 Å². The zero-order valence-electron chi connectivity index (χ0n) is 15.4. The van der Waals surface area contributed by atoms with Gasteiger partial charge in [-0.05, 0) is 24.5 Å². The lowest BCUT2D eigenvalue weighted by Crippen LogP contribution is -2.40. The van der Waals surface area contributed by atoms with Crippen molar-refractivity contribution >= 4 is 5.91 Å². The van der Waals surface area contributed by atoms with Crippen molar-refractivity contribution < 1.29 is 4.79 Å². The number of hydrogen-bond acceptors (Lipinski definition) is 4. The molecule has 0 spiro atoms. The van der Waals surface area contributed by atoms with E-state index in [4.69, 9.17) is 0 Å². The fourth-order valence-corrected chi connectivity index (χ4v) is 3.92. The van der Waals surface area contributed by atoms with Crippen LogP contribution in [0.2, 0.25) is 0 Å². The maximum absolute atomic E-state index is 12.8. The van der Waals surface area contributed by atoms with Crippen LogP contribution in [0, 0.1) is 6.92 Å². The van der Waals surface area contributed by atoms with E-state index in [1.54, 1.807) is 11.6 Å². The van der Waals surface area contributed by atoms with E-state index in [1.807, 2.05) is 24.0 Å². The van der Waals surface area contributed by atoms with Crippen molar-refractivity contribution in [3.63, 3.8) is 0 Å². The lowest BCUT2D eigenvalue weighted by molar-refractivity contribution is -0.132. The van der Waals surface area contributed by atoms with Crippen molar-refractivity contribution in [1.82, 2.24) is 19.4 Å². The monoisotopic (exact) mass is 352 g/mol. The van der Waals surface area contributed by atoms with Gasteiger partial charge >= 0.3 is 0 Å². The Morgan fingerprint density at radius 2 is 1.77 bits per heavy atom. The van der Waals surface area contributed by atoms with Gasteiger partial charge in [-0.15, -0.1) is 0 Å².